The van der Waals surface area contributed by atoms with Gasteiger partial charge in [0, 0.05) is 21.0 Å². The Hall–Kier alpha value is -2.59. The molecule has 0 atom stereocenters. The van der Waals surface area contributed by atoms with Crippen LogP contribution in [0.5, 0.6) is 0 Å². The second kappa shape index (κ2) is 4.75. The van der Waals surface area contributed by atoms with E-state index in [0.717, 1.165) is 21.1 Å². The van der Waals surface area contributed by atoms with E-state index in [1.54, 1.807) is 17.5 Å². The summed E-state index contributed by atoms with van der Waals surface area (Å²) >= 11 is 1.57. The lowest BCUT2D eigenvalue weighted by Crippen LogP contribution is -2.04. The van der Waals surface area contributed by atoms with Crippen molar-refractivity contribution >= 4 is 38.2 Å². The van der Waals surface area contributed by atoms with E-state index in [1.807, 2.05) is 53.9 Å². The van der Waals surface area contributed by atoms with Crippen molar-refractivity contribution in [3.8, 4) is 0 Å². The van der Waals surface area contributed by atoms with Gasteiger partial charge in [-0.25, -0.2) is 4.98 Å². The molecule has 0 aliphatic rings. The van der Waals surface area contributed by atoms with Crippen LogP contribution in [-0.4, -0.2) is 15.8 Å². The number of ketones is 1. The van der Waals surface area contributed by atoms with Crippen LogP contribution in [0.1, 0.15) is 16.1 Å². The number of nitrogens with zero attached hydrogens (tertiary/aromatic N) is 2. The average Bonchev–Trinajstić information content (AvgIpc) is 2.98. The fourth-order valence-corrected chi connectivity index (χ4v) is 3.30. The summed E-state index contributed by atoms with van der Waals surface area (Å²) in [4.78, 5) is 21.4. The predicted molar refractivity (Wildman–Crippen MR) is 84.8 cm³/mol. The molecule has 0 aliphatic heterocycles. The van der Waals surface area contributed by atoms with Crippen molar-refractivity contribution in [3.63, 3.8) is 0 Å². The molecule has 0 bridgehead atoms. The molecule has 0 N–H and O–H groups in total. The first-order valence-corrected chi connectivity index (χ1v) is 7.43. The second-order valence-electron chi connectivity index (χ2n) is 4.72. The summed E-state index contributed by atoms with van der Waals surface area (Å²) in [6, 6.07) is 15.5. The molecular formula is C17H10N2OS. The molecule has 2 aromatic carbocycles. The van der Waals surface area contributed by atoms with E-state index in [1.165, 1.54) is 0 Å². The Morgan fingerprint density at radius 3 is 2.62 bits per heavy atom. The third-order valence-corrected chi connectivity index (χ3v) is 4.37. The number of carbonyl (C=O) groups excluding carboxylic acids is 1. The standard InChI is InChI=1S/C17H10N2OS/c20-17(12-10-21-16-8-4-1-5-11(12)16)15-9-18-13-6-2-3-7-14(13)19-15/h1-10H. The Morgan fingerprint density at radius 1 is 0.952 bits per heavy atom. The van der Waals surface area contributed by atoms with Crippen LogP contribution in [0.4, 0.5) is 0 Å². The van der Waals surface area contributed by atoms with Crippen LogP contribution in [0, 0.1) is 0 Å². The third kappa shape index (κ3) is 2.00. The van der Waals surface area contributed by atoms with E-state index < -0.39 is 0 Å². The van der Waals surface area contributed by atoms with Crippen LogP contribution < -0.4 is 0 Å². The number of hydrogen-bond donors (Lipinski definition) is 0. The number of fused-ring (bicyclic) bond motifs is 2. The number of rotatable bonds is 2. The summed E-state index contributed by atoms with van der Waals surface area (Å²) < 4.78 is 1.11. The quantitative estimate of drug-likeness (QED) is 0.522. The zero-order valence-corrected chi connectivity index (χ0v) is 11.8. The van der Waals surface area contributed by atoms with Crippen molar-refractivity contribution in [2.24, 2.45) is 0 Å². The molecular weight excluding hydrogens is 280 g/mol. The normalized spacial score (nSPS) is 11.0. The van der Waals surface area contributed by atoms with Crippen molar-refractivity contribution in [2.45, 2.75) is 0 Å². The van der Waals surface area contributed by atoms with Crippen molar-refractivity contribution in [2.75, 3.05) is 0 Å². The molecule has 0 fully saturated rings. The van der Waals surface area contributed by atoms with Gasteiger partial charge >= 0.3 is 0 Å². The molecule has 0 aliphatic carbocycles. The molecule has 4 rings (SSSR count). The van der Waals surface area contributed by atoms with E-state index in [-0.39, 0.29) is 5.78 Å². The fourth-order valence-electron chi connectivity index (χ4n) is 2.36. The van der Waals surface area contributed by atoms with Gasteiger partial charge in [-0.15, -0.1) is 11.3 Å². The van der Waals surface area contributed by atoms with Gasteiger partial charge in [0.2, 0.25) is 5.78 Å². The van der Waals surface area contributed by atoms with Crippen LogP contribution in [0.2, 0.25) is 0 Å². The van der Waals surface area contributed by atoms with Gasteiger partial charge in [-0.2, -0.15) is 0 Å². The lowest BCUT2D eigenvalue weighted by atomic mass is 10.1. The highest BCUT2D eigenvalue weighted by Crippen LogP contribution is 2.27. The molecule has 0 radical (unpaired) electrons. The average molecular weight is 290 g/mol. The lowest BCUT2D eigenvalue weighted by Gasteiger charge is -2.01. The number of hydrogen-bond acceptors (Lipinski definition) is 4. The third-order valence-electron chi connectivity index (χ3n) is 3.41. The van der Waals surface area contributed by atoms with Gasteiger partial charge in [-0.3, -0.25) is 9.78 Å². The van der Waals surface area contributed by atoms with Crippen molar-refractivity contribution in [1.82, 2.24) is 9.97 Å². The molecule has 0 unspecified atom stereocenters. The highest BCUT2D eigenvalue weighted by molar-refractivity contribution is 7.17. The minimum atomic E-state index is -0.0781. The largest absolute Gasteiger partial charge is 0.287 e. The smallest absolute Gasteiger partial charge is 0.214 e. The maximum absolute atomic E-state index is 12.7. The summed E-state index contributed by atoms with van der Waals surface area (Å²) in [5.74, 6) is -0.0781. The SMILES string of the molecule is O=C(c1cnc2ccccc2n1)c1csc2ccccc12. The second-order valence-corrected chi connectivity index (χ2v) is 5.63. The first kappa shape index (κ1) is 12.2. The van der Waals surface area contributed by atoms with Gasteiger partial charge in [0.05, 0.1) is 17.2 Å². The lowest BCUT2D eigenvalue weighted by molar-refractivity contribution is 0.103. The van der Waals surface area contributed by atoms with E-state index in [4.69, 9.17) is 0 Å². The van der Waals surface area contributed by atoms with Crippen LogP contribution in [0.25, 0.3) is 21.1 Å². The van der Waals surface area contributed by atoms with E-state index in [0.29, 0.717) is 11.3 Å². The first-order valence-electron chi connectivity index (χ1n) is 6.56. The minimum Gasteiger partial charge on any atom is -0.287 e. The summed E-state index contributed by atoms with van der Waals surface area (Å²) in [6.07, 6.45) is 1.55. The van der Waals surface area contributed by atoms with Gasteiger partial charge in [-0.05, 0) is 18.2 Å². The summed E-state index contributed by atoms with van der Waals surface area (Å²) in [7, 11) is 0. The Bertz CT molecular complexity index is 975. The number of carbonyl (C=O) groups is 1. The number of benzene rings is 2. The van der Waals surface area contributed by atoms with E-state index in [2.05, 4.69) is 9.97 Å². The van der Waals surface area contributed by atoms with E-state index in [9.17, 15) is 4.79 Å². The van der Waals surface area contributed by atoms with Gasteiger partial charge in [0.15, 0.2) is 0 Å². The monoisotopic (exact) mass is 290 g/mol. The van der Waals surface area contributed by atoms with Gasteiger partial charge in [-0.1, -0.05) is 30.3 Å². The molecule has 100 valence electrons. The zero-order chi connectivity index (χ0) is 14.2. The number of para-hydroxylation sites is 2. The maximum Gasteiger partial charge on any atom is 0.214 e. The van der Waals surface area contributed by atoms with Crippen LogP contribution in [-0.2, 0) is 0 Å². The molecule has 0 saturated carbocycles. The Morgan fingerprint density at radius 2 is 1.71 bits per heavy atom. The van der Waals surface area contributed by atoms with Gasteiger partial charge in [0.1, 0.15) is 5.69 Å². The van der Waals surface area contributed by atoms with Crippen LogP contribution in [0.15, 0.2) is 60.1 Å². The minimum absolute atomic E-state index is 0.0781. The summed E-state index contributed by atoms with van der Waals surface area (Å²) in [6.45, 7) is 0. The molecule has 0 amide bonds. The number of aromatic nitrogens is 2. The molecule has 2 heterocycles. The van der Waals surface area contributed by atoms with Crippen LogP contribution >= 0.6 is 11.3 Å². The van der Waals surface area contributed by atoms with Crippen molar-refractivity contribution in [3.05, 3.63) is 71.4 Å². The first-order chi connectivity index (χ1) is 10.3. The van der Waals surface area contributed by atoms with Crippen molar-refractivity contribution in [1.29, 1.82) is 0 Å². The molecule has 4 heteroatoms. The van der Waals surface area contributed by atoms with Crippen molar-refractivity contribution < 1.29 is 4.79 Å². The summed E-state index contributed by atoms with van der Waals surface area (Å²) in [5, 5.41) is 2.87. The number of thiophene rings is 1. The fraction of sp³-hybridized carbons (Fsp3) is 0. The highest BCUT2D eigenvalue weighted by atomic mass is 32.1. The molecule has 21 heavy (non-hydrogen) atoms. The topological polar surface area (TPSA) is 42.9 Å². The van der Waals surface area contributed by atoms with Crippen LogP contribution in [0.3, 0.4) is 0 Å². The Labute approximate surface area is 124 Å². The van der Waals surface area contributed by atoms with Gasteiger partial charge < -0.3 is 0 Å². The summed E-state index contributed by atoms with van der Waals surface area (Å²) in [5.41, 5.74) is 2.62. The highest BCUT2D eigenvalue weighted by Gasteiger charge is 2.16. The Kier molecular flexibility index (Phi) is 2.75. The van der Waals surface area contributed by atoms with E-state index >= 15 is 0 Å². The molecule has 0 spiro atoms. The molecule has 2 aromatic heterocycles. The van der Waals surface area contributed by atoms with Gasteiger partial charge in [0.25, 0.3) is 0 Å². The molecule has 0 saturated heterocycles. The zero-order valence-electron chi connectivity index (χ0n) is 11.0. The predicted octanol–water partition coefficient (Wildman–Crippen LogP) is 4.08. The molecule has 3 nitrogen and oxygen atoms in total. The molecule has 4 aromatic rings. The maximum atomic E-state index is 12.7. The Balaban J connectivity index is 1.86.